The van der Waals surface area contributed by atoms with Crippen LogP contribution in [-0.2, 0) is 6.54 Å². The highest BCUT2D eigenvalue weighted by atomic mass is 35.5. The maximum Gasteiger partial charge on any atom is 0.0598 e. The van der Waals surface area contributed by atoms with Crippen LogP contribution in [0.1, 0.15) is 11.1 Å². The van der Waals surface area contributed by atoms with Crippen LogP contribution in [-0.4, -0.2) is 42.3 Å². The minimum atomic E-state index is 0.549. The Kier molecular flexibility index (Phi) is 6.01. The Morgan fingerprint density at radius 1 is 0.875 bits per heavy atom. The predicted molar refractivity (Wildman–Crippen MR) is 102 cm³/mol. The summed E-state index contributed by atoms with van der Waals surface area (Å²) in [5.74, 6) is 0. The summed E-state index contributed by atoms with van der Waals surface area (Å²) in [6.45, 7) is 4.74. The summed E-state index contributed by atoms with van der Waals surface area (Å²) in [5, 5.41) is 8.51. The standard InChI is InChI=1S/C18H18Cl3N3/c19-16-4-1-14(2-5-16)13-23-7-9-24(10-8-23)22-12-15-3-6-17(20)18(21)11-15/h1-6,11-12H,7-10,13H2/b22-12+. The lowest BCUT2D eigenvalue weighted by Crippen LogP contribution is -2.43. The fourth-order valence-electron chi connectivity index (χ4n) is 2.60. The summed E-state index contributed by atoms with van der Waals surface area (Å²) in [6, 6.07) is 13.6. The van der Waals surface area contributed by atoms with Gasteiger partial charge >= 0.3 is 0 Å². The van der Waals surface area contributed by atoms with E-state index in [0.29, 0.717) is 10.0 Å². The third kappa shape index (κ3) is 4.87. The molecule has 0 spiro atoms. The van der Waals surface area contributed by atoms with Gasteiger partial charge in [0.15, 0.2) is 0 Å². The first-order chi connectivity index (χ1) is 11.6. The lowest BCUT2D eigenvalue weighted by Gasteiger charge is -2.33. The Balaban J connectivity index is 1.50. The summed E-state index contributed by atoms with van der Waals surface area (Å²) >= 11 is 17.9. The molecule has 3 rings (SSSR count). The number of hydrogen-bond donors (Lipinski definition) is 0. The summed E-state index contributed by atoms with van der Waals surface area (Å²) < 4.78 is 0. The molecule has 0 atom stereocenters. The molecule has 2 aromatic rings. The molecule has 0 bridgehead atoms. The fraction of sp³-hybridized carbons (Fsp3) is 0.278. The average molecular weight is 383 g/mol. The molecular formula is C18H18Cl3N3. The number of hydrogen-bond acceptors (Lipinski definition) is 3. The van der Waals surface area contributed by atoms with Crippen molar-refractivity contribution in [1.29, 1.82) is 0 Å². The molecule has 0 amide bonds. The quantitative estimate of drug-likeness (QED) is 0.707. The number of nitrogens with zero attached hydrogens (tertiary/aromatic N) is 3. The van der Waals surface area contributed by atoms with Gasteiger partial charge in [-0.2, -0.15) is 5.10 Å². The van der Waals surface area contributed by atoms with Crippen LogP contribution in [0.25, 0.3) is 0 Å². The van der Waals surface area contributed by atoms with Crippen molar-refractivity contribution in [3.63, 3.8) is 0 Å². The van der Waals surface area contributed by atoms with Gasteiger partial charge in [0.25, 0.3) is 0 Å². The topological polar surface area (TPSA) is 18.8 Å². The van der Waals surface area contributed by atoms with Gasteiger partial charge in [0, 0.05) is 37.7 Å². The lowest BCUT2D eigenvalue weighted by atomic mass is 10.2. The second kappa shape index (κ2) is 8.21. The van der Waals surface area contributed by atoms with Crippen LogP contribution >= 0.6 is 34.8 Å². The van der Waals surface area contributed by atoms with Crippen molar-refractivity contribution in [2.24, 2.45) is 5.10 Å². The van der Waals surface area contributed by atoms with Crippen LogP contribution in [0.15, 0.2) is 47.6 Å². The molecule has 0 radical (unpaired) electrons. The van der Waals surface area contributed by atoms with Gasteiger partial charge in [-0.3, -0.25) is 9.91 Å². The third-order valence-corrected chi connectivity index (χ3v) is 4.97. The highest BCUT2D eigenvalue weighted by Gasteiger charge is 2.15. The Morgan fingerprint density at radius 3 is 2.25 bits per heavy atom. The van der Waals surface area contributed by atoms with E-state index in [9.17, 15) is 0 Å². The van der Waals surface area contributed by atoms with E-state index in [4.69, 9.17) is 34.8 Å². The van der Waals surface area contributed by atoms with Crippen molar-refractivity contribution < 1.29 is 0 Å². The van der Waals surface area contributed by atoms with Gasteiger partial charge in [0.1, 0.15) is 0 Å². The van der Waals surface area contributed by atoms with Crippen molar-refractivity contribution in [3.8, 4) is 0 Å². The predicted octanol–water partition coefficient (Wildman–Crippen LogP) is 4.80. The van der Waals surface area contributed by atoms with E-state index in [0.717, 1.165) is 43.3 Å². The molecular weight excluding hydrogens is 365 g/mol. The van der Waals surface area contributed by atoms with Crippen LogP contribution in [0.5, 0.6) is 0 Å². The summed E-state index contributed by atoms with van der Waals surface area (Å²) in [7, 11) is 0. The highest BCUT2D eigenvalue weighted by molar-refractivity contribution is 6.42. The first kappa shape index (κ1) is 17.6. The molecule has 1 aliphatic heterocycles. The molecule has 1 heterocycles. The monoisotopic (exact) mass is 381 g/mol. The van der Waals surface area contributed by atoms with Gasteiger partial charge in [0.05, 0.1) is 16.3 Å². The molecule has 1 saturated heterocycles. The zero-order valence-corrected chi connectivity index (χ0v) is 15.4. The van der Waals surface area contributed by atoms with Crippen LogP contribution in [0.3, 0.4) is 0 Å². The van der Waals surface area contributed by atoms with Crippen molar-refractivity contribution >= 4 is 41.0 Å². The van der Waals surface area contributed by atoms with E-state index < -0.39 is 0 Å². The van der Waals surface area contributed by atoms with E-state index >= 15 is 0 Å². The molecule has 0 unspecified atom stereocenters. The zero-order valence-electron chi connectivity index (χ0n) is 13.1. The Bertz CT molecular complexity index is 708. The lowest BCUT2D eigenvalue weighted by molar-refractivity contribution is 0.131. The maximum absolute atomic E-state index is 6.02. The molecule has 126 valence electrons. The Hall–Kier alpha value is -1.26. The number of rotatable bonds is 4. The zero-order chi connectivity index (χ0) is 16.9. The van der Waals surface area contributed by atoms with Crippen molar-refractivity contribution in [2.75, 3.05) is 26.2 Å². The van der Waals surface area contributed by atoms with Crippen molar-refractivity contribution in [3.05, 3.63) is 68.7 Å². The average Bonchev–Trinajstić information content (AvgIpc) is 2.59. The molecule has 0 aromatic heterocycles. The molecule has 2 aromatic carbocycles. The second-order valence-corrected chi connectivity index (χ2v) is 7.03. The smallest absolute Gasteiger partial charge is 0.0598 e. The Morgan fingerprint density at radius 2 is 1.58 bits per heavy atom. The molecule has 24 heavy (non-hydrogen) atoms. The van der Waals surface area contributed by atoms with E-state index in [2.05, 4.69) is 27.1 Å². The molecule has 0 N–H and O–H groups in total. The van der Waals surface area contributed by atoms with Crippen LogP contribution in [0.2, 0.25) is 15.1 Å². The summed E-state index contributed by atoms with van der Waals surface area (Å²) in [5.41, 5.74) is 2.24. The molecule has 6 heteroatoms. The molecule has 0 saturated carbocycles. The van der Waals surface area contributed by atoms with Gasteiger partial charge in [-0.25, -0.2) is 0 Å². The van der Waals surface area contributed by atoms with E-state index in [1.54, 1.807) is 6.07 Å². The molecule has 1 fully saturated rings. The summed E-state index contributed by atoms with van der Waals surface area (Å²) in [6.07, 6.45) is 1.83. The maximum atomic E-state index is 6.02. The van der Waals surface area contributed by atoms with E-state index in [-0.39, 0.29) is 0 Å². The third-order valence-electron chi connectivity index (χ3n) is 3.98. The van der Waals surface area contributed by atoms with Crippen molar-refractivity contribution in [1.82, 2.24) is 9.91 Å². The second-order valence-electron chi connectivity index (χ2n) is 5.77. The van der Waals surface area contributed by atoms with Gasteiger partial charge in [0.2, 0.25) is 0 Å². The largest absolute Gasteiger partial charge is 0.295 e. The number of hydrazone groups is 1. The van der Waals surface area contributed by atoms with Crippen LogP contribution in [0.4, 0.5) is 0 Å². The number of halogens is 3. The molecule has 3 nitrogen and oxygen atoms in total. The van der Waals surface area contributed by atoms with Crippen LogP contribution in [0, 0.1) is 0 Å². The van der Waals surface area contributed by atoms with Crippen molar-refractivity contribution in [2.45, 2.75) is 6.54 Å². The Labute approximate surface area is 157 Å². The molecule has 0 aliphatic carbocycles. The number of benzene rings is 2. The first-order valence-electron chi connectivity index (χ1n) is 7.81. The SMILES string of the molecule is Clc1ccc(CN2CCN(/N=C/c3ccc(Cl)c(Cl)c3)CC2)cc1. The van der Waals surface area contributed by atoms with Gasteiger partial charge < -0.3 is 0 Å². The normalized spacial score (nSPS) is 16.0. The first-order valence-corrected chi connectivity index (χ1v) is 8.94. The fourth-order valence-corrected chi connectivity index (χ4v) is 3.03. The van der Waals surface area contributed by atoms with E-state index in [1.165, 1.54) is 5.56 Å². The minimum absolute atomic E-state index is 0.549. The van der Waals surface area contributed by atoms with Crippen LogP contribution < -0.4 is 0 Å². The molecule has 1 aliphatic rings. The van der Waals surface area contributed by atoms with E-state index in [1.807, 2.05) is 30.5 Å². The summed E-state index contributed by atoms with van der Waals surface area (Å²) in [4.78, 5) is 2.43. The van der Waals surface area contributed by atoms with Gasteiger partial charge in [-0.05, 0) is 35.4 Å². The minimum Gasteiger partial charge on any atom is -0.295 e. The van der Waals surface area contributed by atoms with Gasteiger partial charge in [-0.15, -0.1) is 0 Å². The van der Waals surface area contributed by atoms with Gasteiger partial charge in [-0.1, -0.05) is 53.0 Å². The number of piperazine rings is 1. The highest BCUT2D eigenvalue weighted by Crippen LogP contribution is 2.22.